The number of phenolic OH excluding ortho intramolecular Hbond substituents is 2. The van der Waals surface area contributed by atoms with Gasteiger partial charge >= 0.3 is 5.97 Å². The third-order valence-electron chi connectivity index (χ3n) is 3.35. The zero-order chi connectivity index (χ0) is 16.2. The molecule has 0 unspecified atom stereocenters. The van der Waals surface area contributed by atoms with Crippen molar-refractivity contribution in [1.29, 1.82) is 0 Å². The maximum Gasteiger partial charge on any atom is 0.309 e. The molecule has 2 aromatic rings. The molecule has 0 saturated carbocycles. The SMILES string of the molecule is CCOC(=O)CC(O)(c1cccc(O)c1)c1cccc(O)c1. The van der Waals surface area contributed by atoms with Gasteiger partial charge in [-0.2, -0.15) is 0 Å². The minimum Gasteiger partial charge on any atom is -0.508 e. The first-order valence-electron chi connectivity index (χ1n) is 6.92. The fraction of sp³-hybridized carbons (Fsp3) is 0.235. The normalized spacial score (nSPS) is 11.2. The number of rotatable bonds is 5. The van der Waals surface area contributed by atoms with Gasteiger partial charge in [0.15, 0.2) is 0 Å². The van der Waals surface area contributed by atoms with E-state index in [0.29, 0.717) is 11.1 Å². The predicted octanol–water partition coefficient (Wildman–Crippen LogP) is 2.29. The first-order valence-corrected chi connectivity index (χ1v) is 6.92. The van der Waals surface area contributed by atoms with Crippen LogP contribution < -0.4 is 0 Å². The number of aliphatic hydroxyl groups is 1. The summed E-state index contributed by atoms with van der Waals surface area (Å²) in [5.74, 6) is -0.628. The highest BCUT2D eigenvalue weighted by atomic mass is 16.5. The highest BCUT2D eigenvalue weighted by molar-refractivity contribution is 5.72. The van der Waals surface area contributed by atoms with Crippen LogP contribution >= 0.6 is 0 Å². The quantitative estimate of drug-likeness (QED) is 0.738. The third-order valence-corrected chi connectivity index (χ3v) is 3.35. The van der Waals surface area contributed by atoms with E-state index >= 15 is 0 Å². The lowest BCUT2D eigenvalue weighted by atomic mass is 9.83. The van der Waals surface area contributed by atoms with Gasteiger partial charge in [-0.3, -0.25) is 4.79 Å². The molecule has 0 fully saturated rings. The number of ether oxygens (including phenoxy) is 1. The zero-order valence-electron chi connectivity index (χ0n) is 12.2. The van der Waals surface area contributed by atoms with Crippen molar-refractivity contribution >= 4 is 5.97 Å². The fourth-order valence-corrected chi connectivity index (χ4v) is 2.32. The number of benzene rings is 2. The summed E-state index contributed by atoms with van der Waals surface area (Å²) in [6.45, 7) is 1.88. The highest BCUT2D eigenvalue weighted by Crippen LogP contribution is 2.36. The van der Waals surface area contributed by atoms with Gasteiger partial charge < -0.3 is 20.1 Å². The van der Waals surface area contributed by atoms with E-state index in [4.69, 9.17) is 4.74 Å². The summed E-state index contributed by atoms with van der Waals surface area (Å²) >= 11 is 0. The van der Waals surface area contributed by atoms with E-state index in [9.17, 15) is 20.1 Å². The maximum absolute atomic E-state index is 11.9. The molecule has 5 heteroatoms. The molecule has 0 saturated heterocycles. The topological polar surface area (TPSA) is 87.0 Å². The van der Waals surface area contributed by atoms with Crippen LogP contribution in [-0.2, 0) is 15.1 Å². The number of phenols is 2. The molecule has 0 aliphatic heterocycles. The van der Waals surface area contributed by atoms with Gasteiger partial charge in [-0.1, -0.05) is 24.3 Å². The van der Waals surface area contributed by atoms with Crippen molar-refractivity contribution in [2.45, 2.75) is 18.9 Å². The molecule has 0 radical (unpaired) electrons. The van der Waals surface area contributed by atoms with Gasteiger partial charge in [0.1, 0.15) is 17.1 Å². The Morgan fingerprint density at radius 1 is 1.05 bits per heavy atom. The van der Waals surface area contributed by atoms with Crippen LogP contribution in [0.15, 0.2) is 48.5 Å². The average molecular weight is 302 g/mol. The molecule has 2 rings (SSSR count). The fourth-order valence-electron chi connectivity index (χ4n) is 2.32. The van der Waals surface area contributed by atoms with Gasteiger partial charge in [-0.25, -0.2) is 0 Å². The van der Waals surface area contributed by atoms with E-state index in [1.54, 1.807) is 31.2 Å². The van der Waals surface area contributed by atoms with E-state index in [2.05, 4.69) is 0 Å². The van der Waals surface area contributed by atoms with Crippen LogP contribution in [0.1, 0.15) is 24.5 Å². The molecule has 0 bridgehead atoms. The van der Waals surface area contributed by atoms with Crippen LogP contribution in [-0.4, -0.2) is 27.9 Å². The largest absolute Gasteiger partial charge is 0.508 e. The summed E-state index contributed by atoms with van der Waals surface area (Å²) in [6, 6.07) is 12.0. The van der Waals surface area contributed by atoms with Crippen LogP contribution in [0.4, 0.5) is 0 Å². The molecule has 0 spiro atoms. The molecule has 116 valence electrons. The Morgan fingerprint density at radius 3 is 1.95 bits per heavy atom. The molecule has 0 aromatic heterocycles. The van der Waals surface area contributed by atoms with Gasteiger partial charge in [0.25, 0.3) is 0 Å². The second kappa shape index (κ2) is 6.49. The average Bonchev–Trinajstić information content (AvgIpc) is 2.47. The minimum atomic E-state index is -1.70. The van der Waals surface area contributed by atoms with E-state index < -0.39 is 11.6 Å². The van der Waals surface area contributed by atoms with Gasteiger partial charge in [0.05, 0.1) is 13.0 Å². The molecule has 22 heavy (non-hydrogen) atoms. The Bertz CT molecular complexity index is 620. The molecular weight excluding hydrogens is 284 g/mol. The number of esters is 1. The number of carbonyl (C=O) groups is 1. The van der Waals surface area contributed by atoms with Crippen LogP contribution in [0.5, 0.6) is 11.5 Å². The van der Waals surface area contributed by atoms with Gasteiger partial charge in [-0.05, 0) is 42.3 Å². The molecule has 0 aliphatic rings. The highest BCUT2D eigenvalue weighted by Gasteiger charge is 2.35. The molecular formula is C17H18O5. The van der Waals surface area contributed by atoms with Crippen LogP contribution in [0.2, 0.25) is 0 Å². The Labute approximate surface area is 128 Å². The summed E-state index contributed by atoms with van der Waals surface area (Å²) in [6.07, 6.45) is -0.326. The second-order valence-electron chi connectivity index (χ2n) is 4.94. The van der Waals surface area contributed by atoms with Crippen molar-refractivity contribution in [1.82, 2.24) is 0 Å². The summed E-state index contributed by atoms with van der Waals surface area (Å²) in [4.78, 5) is 11.9. The second-order valence-corrected chi connectivity index (χ2v) is 4.94. The number of hydrogen-bond acceptors (Lipinski definition) is 5. The Morgan fingerprint density at radius 2 is 1.55 bits per heavy atom. The van der Waals surface area contributed by atoms with E-state index in [0.717, 1.165) is 0 Å². The van der Waals surface area contributed by atoms with Crippen molar-refractivity contribution in [2.75, 3.05) is 6.61 Å². The van der Waals surface area contributed by atoms with E-state index in [-0.39, 0.29) is 24.5 Å². The van der Waals surface area contributed by atoms with Crippen molar-refractivity contribution in [3.63, 3.8) is 0 Å². The smallest absolute Gasteiger partial charge is 0.309 e. The molecule has 0 amide bonds. The summed E-state index contributed by atoms with van der Waals surface area (Å²) in [5, 5.41) is 30.4. The first kappa shape index (κ1) is 15.9. The standard InChI is InChI=1S/C17H18O5/c1-2-22-16(20)11-17(21,12-5-3-7-14(18)9-12)13-6-4-8-15(19)10-13/h3-10,18-19,21H,2,11H2,1H3. The van der Waals surface area contributed by atoms with Gasteiger partial charge in [-0.15, -0.1) is 0 Å². The monoisotopic (exact) mass is 302 g/mol. The van der Waals surface area contributed by atoms with Crippen molar-refractivity contribution in [3.05, 3.63) is 59.7 Å². The Kier molecular flexibility index (Phi) is 4.68. The van der Waals surface area contributed by atoms with E-state index in [1.807, 2.05) is 0 Å². The van der Waals surface area contributed by atoms with Crippen LogP contribution in [0.25, 0.3) is 0 Å². The number of carbonyl (C=O) groups excluding carboxylic acids is 1. The number of aromatic hydroxyl groups is 2. The molecule has 0 atom stereocenters. The van der Waals surface area contributed by atoms with Crippen molar-refractivity contribution in [3.8, 4) is 11.5 Å². The lowest BCUT2D eigenvalue weighted by Gasteiger charge is -2.28. The predicted molar refractivity (Wildman–Crippen MR) is 80.5 cm³/mol. The molecule has 0 aliphatic carbocycles. The lowest BCUT2D eigenvalue weighted by Crippen LogP contribution is -2.31. The third kappa shape index (κ3) is 3.38. The first-order chi connectivity index (χ1) is 10.5. The molecule has 3 N–H and O–H groups in total. The lowest BCUT2D eigenvalue weighted by molar-refractivity contribution is -0.147. The van der Waals surface area contributed by atoms with Crippen LogP contribution in [0.3, 0.4) is 0 Å². The zero-order valence-corrected chi connectivity index (χ0v) is 12.2. The van der Waals surface area contributed by atoms with Crippen LogP contribution in [0, 0.1) is 0 Å². The van der Waals surface area contributed by atoms with Gasteiger partial charge in [0.2, 0.25) is 0 Å². The van der Waals surface area contributed by atoms with Gasteiger partial charge in [0, 0.05) is 0 Å². The summed E-state index contributed by atoms with van der Waals surface area (Å²) < 4.78 is 4.92. The summed E-state index contributed by atoms with van der Waals surface area (Å²) in [7, 11) is 0. The van der Waals surface area contributed by atoms with E-state index in [1.165, 1.54) is 24.3 Å². The maximum atomic E-state index is 11.9. The van der Waals surface area contributed by atoms with Crippen molar-refractivity contribution in [2.24, 2.45) is 0 Å². The minimum absolute atomic E-state index is 0.0278. The molecule has 0 heterocycles. The number of hydrogen-bond donors (Lipinski definition) is 3. The Hall–Kier alpha value is -2.53. The van der Waals surface area contributed by atoms with Crippen molar-refractivity contribution < 1.29 is 24.9 Å². The molecule has 2 aromatic carbocycles. The molecule has 5 nitrogen and oxygen atoms in total. The summed E-state index contributed by atoms with van der Waals surface area (Å²) in [5.41, 5.74) is -1.03. The Balaban J connectivity index is 2.51.